The molecule has 0 amide bonds. The third-order valence-corrected chi connectivity index (χ3v) is 3.21. The van der Waals surface area contributed by atoms with Crippen LogP contribution in [0.4, 0.5) is 5.69 Å². The quantitative estimate of drug-likeness (QED) is 0.882. The molecule has 96 valence electrons. The van der Waals surface area contributed by atoms with E-state index in [4.69, 9.17) is 9.52 Å². The average molecular weight is 247 g/mol. The van der Waals surface area contributed by atoms with Gasteiger partial charge in [0.15, 0.2) is 0 Å². The maximum Gasteiger partial charge on any atom is 0.308 e. The van der Waals surface area contributed by atoms with Gasteiger partial charge in [0.25, 0.3) is 0 Å². The molecule has 1 heterocycles. The molecule has 1 unspecified atom stereocenters. The van der Waals surface area contributed by atoms with Gasteiger partial charge in [-0.05, 0) is 18.6 Å². The van der Waals surface area contributed by atoms with Gasteiger partial charge in [0.2, 0.25) is 0 Å². The number of para-hydroxylation sites is 1. The third-order valence-electron chi connectivity index (χ3n) is 3.21. The van der Waals surface area contributed by atoms with E-state index in [1.165, 1.54) is 0 Å². The van der Waals surface area contributed by atoms with Crippen LogP contribution in [-0.4, -0.2) is 24.7 Å². The van der Waals surface area contributed by atoms with Crippen molar-refractivity contribution in [2.45, 2.75) is 13.3 Å². The van der Waals surface area contributed by atoms with Gasteiger partial charge in [-0.15, -0.1) is 0 Å². The molecule has 0 bridgehead atoms. The zero-order valence-corrected chi connectivity index (χ0v) is 10.6. The number of rotatable bonds is 5. The van der Waals surface area contributed by atoms with Crippen LogP contribution in [-0.2, 0) is 4.79 Å². The molecule has 0 radical (unpaired) electrons. The number of hydrogen-bond donors (Lipinski definition) is 1. The molecule has 18 heavy (non-hydrogen) atoms. The molecule has 1 atom stereocenters. The van der Waals surface area contributed by atoms with Crippen molar-refractivity contribution >= 4 is 22.6 Å². The van der Waals surface area contributed by atoms with Crippen molar-refractivity contribution in [3.05, 3.63) is 30.5 Å². The summed E-state index contributed by atoms with van der Waals surface area (Å²) in [6, 6.07) is 7.75. The Morgan fingerprint density at radius 3 is 2.83 bits per heavy atom. The van der Waals surface area contributed by atoms with Gasteiger partial charge in [0.05, 0.1) is 11.6 Å². The molecule has 1 aromatic heterocycles. The summed E-state index contributed by atoms with van der Waals surface area (Å²) in [5.41, 5.74) is 1.76. The Hall–Kier alpha value is -1.97. The number of fused-ring (bicyclic) bond motifs is 1. The number of anilines is 1. The maximum atomic E-state index is 11.0. The molecule has 4 nitrogen and oxygen atoms in total. The highest BCUT2D eigenvalue weighted by molar-refractivity contribution is 5.91. The van der Waals surface area contributed by atoms with Crippen LogP contribution < -0.4 is 4.90 Å². The highest BCUT2D eigenvalue weighted by Gasteiger charge is 2.19. The Morgan fingerprint density at radius 1 is 1.44 bits per heavy atom. The van der Waals surface area contributed by atoms with Gasteiger partial charge in [0, 0.05) is 19.0 Å². The van der Waals surface area contributed by atoms with Crippen LogP contribution in [0.25, 0.3) is 11.0 Å². The van der Waals surface area contributed by atoms with Gasteiger partial charge in [0.1, 0.15) is 11.8 Å². The van der Waals surface area contributed by atoms with E-state index in [1.54, 1.807) is 6.26 Å². The molecule has 1 N–H and O–H groups in total. The monoisotopic (exact) mass is 247 g/mol. The summed E-state index contributed by atoms with van der Waals surface area (Å²) >= 11 is 0. The summed E-state index contributed by atoms with van der Waals surface area (Å²) in [5.74, 6) is -1.11. The lowest BCUT2D eigenvalue weighted by Gasteiger charge is -2.21. The fraction of sp³-hybridized carbons (Fsp3) is 0.357. The lowest BCUT2D eigenvalue weighted by Crippen LogP contribution is -2.29. The van der Waals surface area contributed by atoms with E-state index in [0.29, 0.717) is 13.0 Å². The number of carbonyl (C=O) groups is 1. The van der Waals surface area contributed by atoms with Crippen molar-refractivity contribution in [2.75, 3.05) is 18.5 Å². The normalized spacial score (nSPS) is 12.6. The first-order chi connectivity index (χ1) is 8.63. The molecule has 0 aliphatic heterocycles. The zero-order chi connectivity index (χ0) is 13.1. The molecular weight excluding hydrogens is 230 g/mol. The van der Waals surface area contributed by atoms with E-state index in [-0.39, 0.29) is 5.92 Å². The first-order valence-electron chi connectivity index (χ1n) is 6.03. The molecule has 0 saturated carbocycles. The second kappa shape index (κ2) is 5.12. The molecule has 0 spiro atoms. The number of carboxylic acid groups (broad SMARTS) is 1. The minimum Gasteiger partial charge on any atom is -0.481 e. The standard InChI is InChI=1S/C14H17NO3/c1-3-10(14(16)17)8-15(2)12-9-18-13-7-5-4-6-11(12)13/h4-7,9-10H,3,8H2,1-2H3,(H,16,17). The van der Waals surface area contributed by atoms with Crippen LogP contribution in [0.1, 0.15) is 13.3 Å². The van der Waals surface area contributed by atoms with Gasteiger partial charge < -0.3 is 14.4 Å². The second-order valence-corrected chi connectivity index (χ2v) is 4.44. The summed E-state index contributed by atoms with van der Waals surface area (Å²) in [6.07, 6.45) is 2.30. The molecule has 2 rings (SSSR count). The van der Waals surface area contributed by atoms with Crippen molar-refractivity contribution in [3.8, 4) is 0 Å². The van der Waals surface area contributed by atoms with Crippen LogP contribution in [0, 0.1) is 5.92 Å². The van der Waals surface area contributed by atoms with Crippen LogP contribution >= 0.6 is 0 Å². The van der Waals surface area contributed by atoms with Gasteiger partial charge in [-0.3, -0.25) is 4.79 Å². The van der Waals surface area contributed by atoms with Crippen LogP contribution in [0.2, 0.25) is 0 Å². The van der Waals surface area contributed by atoms with Crippen LogP contribution in [0.15, 0.2) is 34.9 Å². The topological polar surface area (TPSA) is 53.7 Å². The first-order valence-corrected chi connectivity index (χ1v) is 6.03. The summed E-state index contributed by atoms with van der Waals surface area (Å²) in [4.78, 5) is 13.0. The number of hydrogen-bond acceptors (Lipinski definition) is 3. The van der Waals surface area contributed by atoms with E-state index in [9.17, 15) is 4.79 Å². The zero-order valence-electron chi connectivity index (χ0n) is 10.6. The minimum atomic E-state index is -0.753. The van der Waals surface area contributed by atoms with Crippen molar-refractivity contribution in [3.63, 3.8) is 0 Å². The maximum absolute atomic E-state index is 11.0. The van der Waals surface area contributed by atoms with E-state index in [2.05, 4.69) is 0 Å². The molecule has 0 saturated heterocycles. The van der Waals surface area contributed by atoms with Gasteiger partial charge in [-0.1, -0.05) is 19.1 Å². The van der Waals surface area contributed by atoms with Crippen molar-refractivity contribution in [1.82, 2.24) is 0 Å². The predicted molar refractivity (Wildman–Crippen MR) is 70.9 cm³/mol. The van der Waals surface area contributed by atoms with Gasteiger partial charge in [-0.25, -0.2) is 0 Å². The Bertz CT molecular complexity index is 547. The molecular formula is C14H17NO3. The smallest absolute Gasteiger partial charge is 0.308 e. The summed E-state index contributed by atoms with van der Waals surface area (Å²) < 4.78 is 5.46. The first kappa shape index (κ1) is 12.5. The lowest BCUT2D eigenvalue weighted by molar-refractivity contribution is -0.141. The predicted octanol–water partition coefficient (Wildman–Crippen LogP) is 2.98. The Kier molecular flexibility index (Phi) is 3.55. The SMILES string of the molecule is CCC(CN(C)c1coc2ccccc12)C(=O)O. The number of nitrogens with zero attached hydrogens (tertiary/aromatic N) is 1. The number of furan rings is 1. The van der Waals surface area contributed by atoms with E-state index in [0.717, 1.165) is 16.7 Å². The molecule has 2 aromatic rings. The summed E-state index contributed by atoms with van der Waals surface area (Å²) in [6.45, 7) is 2.37. The number of carboxylic acids is 1. The Balaban J connectivity index is 2.23. The highest BCUT2D eigenvalue weighted by Crippen LogP contribution is 2.28. The van der Waals surface area contributed by atoms with E-state index in [1.807, 2.05) is 43.1 Å². The molecule has 4 heteroatoms. The van der Waals surface area contributed by atoms with Crippen molar-refractivity contribution in [1.29, 1.82) is 0 Å². The highest BCUT2D eigenvalue weighted by atomic mass is 16.4. The molecule has 1 aromatic carbocycles. The van der Waals surface area contributed by atoms with Crippen LogP contribution in [0.5, 0.6) is 0 Å². The minimum absolute atomic E-state index is 0.358. The molecule has 0 fully saturated rings. The molecule has 0 aliphatic carbocycles. The average Bonchev–Trinajstić information content (AvgIpc) is 2.79. The lowest BCUT2D eigenvalue weighted by atomic mass is 10.1. The Morgan fingerprint density at radius 2 is 2.17 bits per heavy atom. The summed E-state index contributed by atoms with van der Waals surface area (Å²) in [7, 11) is 1.89. The van der Waals surface area contributed by atoms with Gasteiger partial charge in [-0.2, -0.15) is 0 Å². The fourth-order valence-electron chi connectivity index (χ4n) is 2.07. The van der Waals surface area contributed by atoms with Crippen molar-refractivity contribution in [2.24, 2.45) is 5.92 Å². The number of aliphatic carboxylic acids is 1. The second-order valence-electron chi connectivity index (χ2n) is 4.44. The third kappa shape index (κ3) is 2.32. The van der Waals surface area contributed by atoms with E-state index >= 15 is 0 Å². The number of benzene rings is 1. The van der Waals surface area contributed by atoms with Crippen LogP contribution in [0.3, 0.4) is 0 Å². The Labute approximate surface area is 106 Å². The molecule has 0 aliphatic rings. The summed E-state index contributed by atoms with van der Waals surface area (Å²) in [5, 5.41) is 10.1. The van der Waals surface area contributed by atoms with Gasteiger partial charge >= 0.3 is 5.97 Å². The largest absolute Gasteiger partial charge is 0.481 e. The van der Waals surface area contributed by atoms with Crippen molar-refractivity contribution < 1.29 is 14.3 Å². The fourth-order valence-corrected chi connectivity index (χ4v) is 2.07. The van der Waals surface area contributed by atoms with E-state index < -0.39 is 5.97 Å².